The van der Waals surface area contributed by atoms with Crippen molar-refractivity contribution in [2.24, 2.45) is 5.92 Å². The highest BCUT2D eigenvalue weighted by Gasteiger charge is 2.46. The van der Waals surface area contributed by atoms with Gasteiger partial charge in [-0.3, -0.25) is 4.79 Å². The maximum atomic E-state index is 13.1. The third-order valence-corrected chi connectivity index (χ3v) is 5.81. The average molecular weight is 373 g/mol. The quantitative estimate of drug-likeness (QED) is 0.845. The molecule has 1 saturated heterocycles. The van der Waals surface area contributed by atoms with Crippen LogP contribution in [0.1, 0.15) is 44.1 Å². The van der Waals surface area contributed by atoms with Crippen LogP contribution >= 0.6 is 12.4 Å². The predicted octanol–water partition coefficient (Wildman–Crippen LogP) is 4.36. The van der Waals surface area contributed by atoms with Crippen LogP contribution in [0.25, 0.3) is 10.8 Å². The van der Waals surface area contributed by atoms with Crippen molar-refractivity contribution in [3.05, 3.63) is 48.0 Å². The molecule has 1 heterocycles. The van der Waals surface area contributed by atoms with Gasteiger partial charge in [-0.1, -0.05) is 49.4 Å². The molecule has 0 radical (unpaired) electrons. The largest absolute Gasteiger partial charge is 0.339 e. The number of fused-ring (bicyclic) bond motifs is 1. The van der Waals surface area contributed by atoms with Crippen molar-refractivity contribution in [1.29, 1.82) is 0 Å². The fraction of sp³-hybridized carbons (Fsp3) is 0.500. The van der Waals surface area contributed by atoms with Crippen LogP contribution in [0, 0.1) is 5.92 Å². The first kappa shape index (κ1) is 19.2. The van der Waals surface area contributed by atoms with E-state index in [2.05, 4.69) is 59.6 Å². The van der Waals surface area contributed by atoms with Crippen LogP contribution in [0.5, 0.6) is 0 Å². The van der Waals surface area contributed by atoms with Gasteiger partial charge in [0.25, 0.3) is 0 Å². The molecule has 0 bridgehead atoms. The number of hydrogen-bond donors (Lipinski definition) is 1. The Hall–Kier alpha value is -1.58. The molecular formula is C22H29ClN2O. The van der Waals surface area contributed by atoms with Gasteiger partial charge >= 0.3 is 0 Å². The van der Waals surface area contributed by atoms with Crippen LogP contribution in [0.2, 0.25) is 0 Å². The third kappa shape index (κ3) is 3.89. The topological polar surface area (TPSA) is 32.3 Å². The summed E-state index contributed by atoms with van der Waals surface area (Å²) in [6.45, 7) is 5.16. The monoisotopic (exact) mass is 372 g/mol. The van der Waals surface area contributed by atoms with Gasteiger partial charge in [0.15, 0.2) is 0 Å². The number of benzene rings is 2. The number of nitrogens with zero attached hydrogens (tertiary/aromatic N) is 1. The van der Waals surface area contributed by atoms with Crippen molar-refractivity contribution in [1.82, 2.24) is 10.2 Å². The van der Waals surface area contributed by atoms with E-state index in [-0.39, 0.29) is 18.3 Å². The summed E-state index contributed by atoms with van der Waals surface area (Å²) in [7, 11) is 0. The number of rotatable bonds is 5. The van der Waals surface area contributed by atoms with Gasteiger partial charge in [0.05, 0.1) is 0 Å². The van der Waals surface area contributed by atoms with Gasteiger partial charge < -0.3 is 10.2 Å². The Morgan fingerprint density at radius 2 is 1.85 bits per heavy atom. The summed E-state index contributed by atoms with van der Waals surface area (Å²) < 4.78 is 0. The Kier molecular flexibility index (Phi) is 6.20. The second-order valence-electron chi connectivity index (χ2n) is 7.57. The molecule has 2 aromatic carbocycles. The SMILES string of the molecule is CCCN(C(=O)C1CC1c1ccc2ccccc2c1)C1CCNCC1.Cl. The van der Waals surface area contributed by atoms with Crippen molar-refractivity contribution < 1.29 is 4.79 Å². The number of halogens is 1. The molecule has 0 spiro atoms. The Morgan fingerprint density at radius 1 is 1.12 bits per heavy atom. The van der Waals surface area contributed by atoms with Crippen LogP contribution in [-0.4, -0.2) is 36.5 Å². The fourth-order valence-corrected chi connectivity index (χ4v) is 4.32. The molecule has 2 aliphatic rings. The van der Waals surface area contributed by atoms with Gasteiger partial charge in [-0.05, 0) is 61.0 Å². The second kappa shape index (κ2) is 8.41. The number of carbonyl (C=O) groups excluding carboxylic acids is 1. The lowest BCUT2D eigenvalue weighted by molar-refractivity contribution is -0.135. The molecule has 2 aromatic rings. The highest BCUT2D eigenvalue weighted by molar-refractivity contribution is 5.86. The summed E-state index contributed by atoms with van der Waals surface area (Å²) in [6.07, 6.45) is 4.25. The maximum Gasteiger partial charge on any atom is 0.226 e. The van der Waals surface area contributed by atoms with Gasteiger partial charge in [0, 0.05) is 18.5 Å². The molecule has 1 amide bonds. The van der Waals surface area contributed by atoms with Crippen LogP contribution in [-0.2, 0) is 4.79 Å². The lowest BCUT2D eigenvalue weighted by atomic mass is 10.0. The third-order valence-electron chi connectivity index (χ3n) is 5.81. The molecule has 1 N–H and O–H groups in total. The smallest absolute Gasteiger partial charge is 0.226 e. The Morgan fingerprint density at radius 3 is 2.58 bits per heavy atom. The summed E-state index contributed by atoms with van der Waals surface area (Å²) in [6, 6.07) is 15.6. The lowest BCUT2D eigenvalue weighted by Crippen LogP contribution is -2.47. The molecule has 0 aromatic heterocycles. The van der Waals surface area contributed by atoms with E-state index in [0.29, 0.717) is 17.9 Å². The summed E-state index contributed by atoms with van der Waals surface area (Å²) in [5.74, 6) is 1.01. The van der Waals surface area contributed by atoms with Gasteiger partial charge in [-0.2, -0.15) is 0 Å². The molecule has 2 fully saturated rings. The van der Waals surface area contributed by atoms with Crippen LogP contribution in [0.4, 0.5) is 0 Å². The zero-order valence-corrected chi connectivity index (χ0v) is 16.3. The zero-order chi connectivity index (χ0) is 17.2. The minimum atomic E-state index is 0. The Bertz CT molecular complexity index is 757. The first-order valence-electron chi connectivity index (χ1n) is 9.78. The lowest BCUT2D eigenvalue weighted by Gasteiger charge is -2.35. The first-order chi connectivity index (χ1) is 12.3. The summed E-state index contributed by atoms with van der Waals surface area (Å²) >= 11 is 0. The molecule has 3 nitrogen and oxygen atoms in total. The fourth-order valence-electron chi connectivity index (χ4n) is 4.32. The van der Waals surface area contributed by atoms with Gasteiger partial charge in [-0.15, -0.1) is 12.4 Å². The Labute approximate surface area is 162 Å². The van der Waals surface area contributed by atoms with E-state index in [1.807, 2.05) is 0 Å². The molecule has 140 valence electrons. The van der Waals surface area contributed by atoms with Crippen molar-refractivity contribution in [3.8, 4) is 0 Å². The maximum absolute atomic E-state index is 13.1. The van der Waals surface area contributed by atoms with Gasteiger partial charge in [-0.25, -0.2) is 0 Å². The number of hydrogen-bond acceptors (Lipinski definition) is 2. The van der Waals surface area contributed by atoms with Crippen LogP contribution in [0.15, 0.2) is 42.5 Å². The van der Waals surface area contributed by atoms with Crippen molar-refractivity contribution in [2.75, 3.05) is 19.6 Å². The summed E-state index contributed by atoms with van der Waals surface area (Å²) in [5, 5.41) is 5.96. The number of carbonyl (C=O) groups is 1. The van der Waals surface area contributed by atoms with E-state index in [4.69, 9.17) is 0 Å². The highest BCUT2D eigenvalue weighted by Crippen LogP contribution is 2.49. The molecule has 2 atom stereocenters. The molecule has 4 heteroatoms. The summed E-state index contributed by atoms with van der Waals surface area (Å²) in [5.41, 5.74) is 1.33. The number of piperidine rings is 1. The minimum absolute atomic E-state index is 0. The van der Waals surface area contributed by atoms with Crippen molar-refractivity contribution in [3.63, 3.8) is 0 Å². The minimum Gasteiger partial charge on any atom is -0.339 e. The zero-order valence-electron chi connectivity index (χ0n) is 15.5. The van der Waals surface area contributed by atoms with Crippen LogP contribution < -0.4 is 5.32 Å². The van der Waals surface area contributed by atoms with Crippen molar-refractivity contribution in [2.45, 2.75) is 44.6 Å². The van der Waals surface area contributed by atoms with Gasteiger partial charge in [0.2, 0.25) is 5.91 Å². The molecule has 26 heavy (non-hydrogen) atoms. The average Bonchev–Trinajstić information content (AvgIpc) is 3.47. The molecule has 1 aliphatic heterocycles. The first-order valence-corrected chi connectivity index (χ1v) is 9.78. The van der Waals surface area contributed by atoms with E-state index in [9.17, 15) is 4.79 Å². The van der Waals surface area contributed by atoms with Crippen molar-refractivity contribution >= 4 is 29.1 Å². The molecule has 1 aliphatic carbocycles. The summed E-state index contributed by atoms with van der Waals surface area (Å²) in [4.78, 5) is 15.3. The van der Waals surface area contributed by atoms with E-state index in [1.54, 1.807) is 0 Å². The van der Waals surface area contributed by atoms with Crippen LogP contribution in [0.3, 0.4) is 0 Å². The van der Waals surface area contributed by atoms with E-state index in [1.165, 1.54) is 16.3 Å². The molecule has 1 saturated carbocycles. The predicted molar refractivity (Wildman–Crippen MR) is 110 cm³/mol. The molecule has 4 rings (SSSR count). The normalized spacial score (nSPS) is 22.7. The Balaban J connectivity index is 0.00000196. The number of amides is 1. The van der Waals surface area contributed by atoms with Gasteiger partial charge in [0.1, 0.15) is 0 Å². The number of nitrogens with one attached hydrogen (secondary N) is 1. The molecule has 2 unspecified atom stereocenters. The molecular weight excluding hydrogens is 344 g/mol. The van der Waals surface area contributed by atoms with E-state index >= 15 is 0 Å². The standard InChI is InChI=1S/C22H28N2O.ClH/c1-2-13-24(19-9-11-23-12-10-19)22(25)21-15-20(21)18-8-7-16-5-3-4-6-17(16)14-18;/h3-8,14,19-21,23H,2,9-13,15H2,1H3;1H. The van der Waals surface area contributed by atoms with E-state index in [0.717, 1.165) is 45.3 Å². The van der Waals surface area contributed by atoms with E-state index < -0.39 is 0 Å². The highest BCUT2D eigenvalue weighted by atomic mass is 35.5. The second-order valence-corrected chi connectivity index (χ2v) is 7.57.